The Morgan fingerprint density at radius 3 is 2.55 bits per heavy atom. The molecule has 1 aliphatic heterocycles. The van der Waals surface area contributed by atoms with Gasteiger partial charge in [-0.3, -0.25) is 0 Å². The maximum absolute atomic E-state index is 6.49. The monoisotopic (exact) mass is 294 g/mol. The number of anilines is 2. The number of nitrogens with zero attached hydrogens (tertiary/aromatic N) is 4. The third-order valence-corrected chi connectivity index (χ3v) is 4.45. The van der Waals surface area contributed by atoms with E-state index in [4.69, 9.17) is 16.6 Å². The molecule has 20 heavy (non-hydrogen) atoms. The van der Waals surface area contributed by atoms with Crippen LogP contribution in [0.25, 0.3) is 0 Å². The summed E-state index contributed by atoms with van der Waals surface area (Å²) in [5.41, 5.74) is 1.17. The summed E-state index contributed by atoms with van der Waals surface area (Å²) in [5, 5.41) is 0.669. The summed E-state index contributed by atoms with van der Waals surface area (Å²) in [5.74, 6) is 2.44. The Kier molecular flexibility index (Phi) is 4.01. The minimum absolute atomic E-state index is 0.574. The molecule has 0 unspecified atom stereocenters. The number of hydrogen-bond donors (Lipinski definition) is 0. The number of rotatable bonds is 5. The highest BCUT2D eigenvalue weighted by Crippen LogP contribution is 2.47. The second-order valence-electron chi connectivity index (χ2n) is 5.94. The van der Waals surface area contributed by atoms with Crippen molar-refractivity contribution in [3.63, 3.8) is 0 Å². The maximum atomic E-state index is 6.49. The SMILES string of the molecule is CCCN(C)c1nc(N2CCCC2)nc(Cl)c1C1CC1. The van der Waals surface area contributed by atoms with E-state index >= 15 is 0 Å². The molecule has 0 N–H and O–H groups in total. The lowest BCUT2D eigenvalue weighted by Gasteiger charge is -2.24. The molecule has 1 aliphatic carbocycles. The summed E-state index contributed by atoms with van der Waals surface area (Å²) in [6, 6.07) is 0. The molecule has 0 bridgehead atoms. The number of hydrogen-bond acceptors (Lipinski definition) is 4. The topological polar surface area (TPSA) is 32.3 Å². The van der Waals surface area contributed by atoms with Gasteiger partial charge >= 0.3 is 0 Å². The molecule has 2 fully saturated rings. The molecule has 0 atom stereocenters. The van der Waals surface area contributed by atoms with Crippen molar-refractivity contribution >= 4 is 23.4 Å². The number of halogens is 1. The van der Waals surface area contributed by atoms with Crippen LogP contribution in [0.4, 0.5) is 11.8 Å². The predicted octanol–water partition coefficient (Wildman–Crippen LogP) is 3.45. The van der Waals surface area contributed by atoms with Gasteiger partial charge in [0.1, 0.15) is 11.0 Å². The first-order valence-electron chi connectivity index (χ1n) is 7.74. The van der Waals surface area contributed by atoms with E-state index in [1.165, 1.54) is 31.2 Å². The van der Waals surface area contributed by atoms with E-state index in [-0.39, 0.29) is 0 Å². The first-order chi connectivity index (χ1) is 9.70. The zero-order valence-corrected chi connectivity index (χ0v) is 13.2. The van der Waals surface area contributed by atoms with Crippen molar-refractivity contribution in [1.29, 1.82) is 0 Å². The molecular formula is C15H23ClN4. The van der Waals surface area contributed by atoms with Crippen LogP contribution in [0.5, 0.6) is 0 Å². The first-order valence-corrected chi connectivity index (χ1v) is 8.12. The molecule has 1 aromatic heterocycles. The van der Waals surface area contributed by atoms with Gasteiger partial charge in [0.05, 0.1) is 0 Å². The zero-order valence-electron chi connectivity index (χ0n) is 12.4. The largest absolute Gasteiger partial charge is 0.359 e. The molecule has 0 spiro atoms. The molecule has 2 aliphatic rings. The molecule has 0 aromatic carbocycles. The molecule has 3 rings (SSSR count). The Balaban J connectivity index is 1.97. The Morgan fingerprint density at radius 2 is 1.95 bits per heavy atom. The molecule has 1 saturated carbocycles. The van der Waals surface area contributed by atoms with E-state index in [2.05, 4.69) is 28.8 Å². The molecular weight excluding hydrogens is 272 g/mol. The van der Waals surface area contributed by atoms with E-state index in [9.17, 15) is 0 Å². The maximum Gasteiger partial charge on any atom is 0.228 e. The van der Waals surface area contributed by atoms with Crippen molar-refractivity contribution in [2.24, 2.45) is 0 Å². The third-order valence-electron chi connectivity index (χ3n) is 4.16. The third kappa shape index (κ3) is 2.71. The van der Waals surface area contributed by atoms with E-state index in [0.29, 0.717) is 11.1 Å². The molecule has 5 heteroatoms. The van der Waals surface area contributed by atoms with Gasteiger partial charge in [0.25, 0.3) is 0 Å². The van der Waals surface area contributed by atoms with Crippen LogP contribution >= 0.6 is 11.6 Å². The van der Waals surface area contributed by atoms with Crippen molar-refractivity contribution in [2.75, 3.05) is 36.5 Å². The Bertz CT molecular complexity index is 481. The van der Waals surface area contributed by atoms with Crippen LogP contribution in [0.15, 0.2) is 0 Å². The van der Waals surface area contributed by atoms with Gasteiger partial charge in [0.2, 0.25) is 5.95 Å². The van der Waals surface area contributed by atoms with E-state index in [1.807, 2.05) is 0 Å². The number of aromatic nitrogens is 2. The van der Waals surface area contributed by atoms with Crippen molar-refractivity contribution < 1.29 is 0 Å². The summed E-state index contributed by atoms with van der Waals surface area (Å²) in [4.78, 5) is 13.9. The first kappa shape index (κ1) is 13.9. The molecule has 4 nitrogen and oxygen atoms in total. The second-order valence-corrected chi connectivity index (χ2v) is 6.30. The van der Waals surface area contributed by atoms with E-state index in [1.54, 1.807) is 0 Å². The lowest BCUT2D eigenvalue weighted by molar-refractivity contribution is 0.810. The minimum Gasteiger partial charge on any atom is -0.359 e. The fourth-order valence-electron chi connectivity index (χ4n) is 2.93. The van der Waals surface area contributed by atoms with Gasteiger partial charge in [-0.1, -0.05) is 18.5 Å². The molecule has 1 saturated heterocycles. The van der Waals surface area contributed by atoms with E-state index < -0.39 is 0 Å². The Hall–Kier alpha value is -1.03. The average molecular weight is 295 g/mol. The second kappa shape index (κ2) is 5.76. The summed E-state index contributed by atoms with van der Waals surface area (Å²) in [6.45, 7) is 5.30. The van der Waals surface area contributed by atoms with Crippen molar-refractivity contribution in [2.45, 2.75) is 44.9 Å². The van der Waals surface area contributed by atoms with Crippen molar-refractivity contribution in [1.82, 2.24) is 9.97 Å². The molecule has 1 aromatic rings. The van der Waals surface area contributed by atoms with Crippen LogP contribution in [0, 0.1) is 0 Å². The van der Waals surface area contributed by atoms with Crippen LogP contribution in [-0.2, 0) is 0 Å². The van der Waals surface area contributed by atoms with Crippen LogP contribution < -0.4 is 9.80 Å². The molecule has 2 heterocycles. The molecule has 110 valence electrons. The standard InChI is InChI=1S/C15H23ClN4/c1-3-8-19(2)14-12(11-6-7-11)13(16)17-15(18-14)20-9-4-5-10-20/h11H,3-10H2,1-2H3. The van der Waals surface area contributed by atoms with Crippen molar-refractivity contribution in [3.05, 3.63) is 10.7 Å². The van der Waals surface area contributed by atoms with Gasteiger partial charge in [-0.25, -0.2) is 4.98 Å². The molecule has 0 amide bonds. The fourth-order valence-corrected chi connectivity index (χ4v) is 3.25. The smallest absolute Gasteiger partial charge is 0.228 e. The quantitative estimate of drug-likeness (QED) is 0.779. The molecule has 0 radical (unpaired) electrons. The van der Waals surface area contributed by atoms with Gasteiger partial charge in [-0.05, 0) is 38.0 Å². The lowest BCUT2D eigenvalue weighted by Crippen LogP contribution is -2.25. The van der Waals surface area contributed by atoms with Crippen LogP contribution in [-0.4, -0.2) is 36.6 Å². The zero-order chi connectivity index (χ0) is 14.1. The van der Waals surface area contributed by atoms with Gasteiger partial charge in [-0.15, -0.1) is 0 Å². The van der Waals surface area contributed by atoms with Crippen LogP contribution in [0.2, 0.25) is 5.15 Å². The predicted molar refractivity (Wildman–Crippen MR) is 84.0 cm³/mol. The van der Waals surface area contributed by atoms with Crippen LogP contribution in [0.1, 0.15) is 50.5 Å². The van der Waals surface area contributed by atoms with Crippen molar-refractivity contribution in [3.8, 4) is 0 Å². The van der Waals surface area contributed by atoms with Gasteiger partial charge in [-0.2, -0.15) is 4.98 Å². The van der Waals surface area contributed by atoms with Gasteiger partial charge in [0.15, 0.2) is 0 Å². The summed E-state index contributed by atoms with van der Waals surface area (Å²) in [6.07, 6.45) is 6.01. The summed E-state index contributed by atoms with van der Waals surface area (Å²) >= 11 is 6.49. The Labute approximate surface area is 126 Å². The Morgan fingerprint density at radius 1 is 1.25 bits per heavy atom. The summed E-state index contributed by atoms with van der Waals surface area (Å²) in [7, 11) is 2.11. The highest BCUT2D eigenvalue weighted by atomic mass is 35.5. The van der Waals surface area contributed by atoms with E-state index in [0.717, 1.165) is 37.8 Å². The van der Waals surface area contributed by atoms with Gasteiger partial charge < -0.3 is 9.80 Å². The normalized spacial score (nSPS) is 18.6. The highest BCUT2D eigenvalue weighted by Gasteiger charge is 2.32. The van der Waals surface area contributed by atoms with Crippen LogP contribution in [0.3, 0.4) is 0 Å². The lowest BCUT2D eigenvalue weighted by atomic mass is 10.2. The highest BCUT2D eigenvalue weighted by molar-refractivity contribution is 6.30. The van der Waals surface area contributed by atoms with Gasteiger partial charge in [0, 0.05) is 32.2 Å². The summed E-state index contributed by atoms with van der Waals surface area (Å²) < 4.78 is 0. The average Bonchev–Trinajstić information content (AvgIpc) is 3.11. The fraction of sp³-hybridized carbons (Fsp3) is 0.733. The minimum atomic E-state index is 0.574.